The van der Waals surface area contributed by atoms with E-state index in [-0.39, 0.29) is 0 Å². The van der Waals surface area contributed by atoms with Crippen molar-refractivity contribution in [2.75, 3.05) is 19.0 Å². The second kappa shape index (κ2) is 9.97. The zero-order valence-corrected chi connectivity index (χ0v) is 14.6. The molecule has 0 aliphatic rings. The summed E-state index contributed by atoms with van der Waals surface area (Å²) < 4.78 is 4.57. The summed E-state index contributed by atoms with van der Waals surface area (Å²) >= 11 is 0. The van der Waals surface area contributed by atoms with E-state index in [4.69, 9.17) is 0 Å². The number of rotatable bonds is 6. The lowest BCUT2D eigenvalue weighted by molar-refractivity contribution is 0.187. The quantitative estimate of drug-likeness (QED) is 0.558. The molecular weight excluding hydrogens is 316 g/mol. The highest BCUT2D eigenvalue weighted by Crippen LogP contribution is 2.09. The molecule has 0 saturated heterocycles. The van der Waals surface area contributed by atoms with Gasteiger partial charge in [0.15, 0.2) is 5.96 Å². The first kappa shape index (κ1) is 18.3. The fraction of sp³-hybridized carbons (Fsp3) is 0.263. The van der Waals surface area contributed by atoms with Gasteiger partial charge in [-0.05, 0) is 30.2 Å². The first-order valence-corrected chi connectivity index (χ1v) is 8.21. The number of hydrogen-bond donors (Lipinski definition) is 3. The Labute approximate surface area is 148 Å². The molecule has 0 fully saturated rings. The summed E-state index contributed by atoms with van der Waals surface area (Å²) in [4.78, 5) is 15.8. The van der Waals surface area contributed by atoms with E-state index < -0.39 is 6.09 Å². The van der Waals surface area contributed by atoms with Gasteiger partial charge in [0.2, 0.25) is 0 Å². The lowest BCUT2D eigenvalue weighted by Gasteiger charge is -2.12. The van der Waals surface area contributed by atoms with Gasteiger partial charge < -0.3 is 15.4 Å². The minimum absolute atomic E-state index is 0.478. The van der Waals surface area contributed by atoms with Gasteiger partial charge in [0.05, 0.1) is 13.7 Å². The fourth-order valence-corrected chi connectivity index (χ4v) is 2.16. The number of aliphatic imine (C=N–C) groups is 1. The van der Waals surface area contributed by atoms with E-state index in [0.29, 0.717) is 18.8 Å². The van der Waals surface area contributed by atoms with Crippen molar-refractivity contribution < 1.29 is 9.53 Å². The number of nitrogens with one attached hydrogen (secondary N) is 3. The highest BCUT2D eigenvalue weighted by molar-refractivity contribution is 5.84. The Morgan fingerprint density at radius 1 is 1.00 bits per heavy atom. The van der Waals surface area contributed by atoms with Crippen LogP contribution in [0.3, 0.4) is 0 Å². The molecule has 0 unspecified atom stereocenters. The van der Waals surface area contributed by atoms with Crippen LogP contribution in [0.5, 0.6) is 0 Å². The molecule has 0 spiro atoms. The Kier molecular flexibility index (Phi) is 7.31. The van der Waals surface area contributed by atoms with Gasteiger partial charge in [0, 0.05) is 18.8 Å². The van der Waals surface area contributed by atoms with Crippen LogP contribution >= 0.6 is 0 Å². The SMILES string of the molecule is CCNC(=NCc1ccccc1)NCc1ccc(NC(=O)OC)cc1. The van der Waals surface area contributed by atoms with E-state index in [2.05, 4.69) is 37.8 Å². The van der Waals surface area contributed by atoms with E-state index >= 15 is 0 Å². The first-order chi connectivity index (χ1) is 12.2. The number of anilines is 1. The molecule has 132 valence electrons. The number of guanidine groups is 1. The van der Waals surface area contributed by atoms with Crippen LogP contribution in [-0.2, 0) is 17.8 Å². The van der Waals surface area contributed by atoms with E-state index in [1.807, 2.05) is 49.4 Å². The van der Waals surface area contributed by atoms with Gasteiger partial charge in [-0.3, -0.25) is 5.32 Å². The van der Waals surface area contributed by atoms with Crippen molar-refractivity contribution in [2.24, 2.45) is 4.99 Å². The number of carbonyl (C=O) groups excluding carboxylic acids is 1. The zero-order valence-electron chi connectivity index (χ0n) is 14.6. The molecule has 0 aliphatic carbocycles. The third-order valence-electron chi connectivity index (χ3n) is 3.45. The molecule has 0 radical (unpaired) electrons. The lowest BCUT2D eigenvalue weighted by atomic mass is 10.2. The minimum Gasteiger partial charge on any atom is -0.453 e. The molecule has 0 saturated carbocycles. The van der Waals surface area contributed by atoms with Crippen molar-refractivity contribution >= 4 is 17.7 Å². The fourth-order valence-electron chi connectivity index (χ4n) is 2.16. The number of hydrogen-bond acceptors (Lipinski definition) is 3. The summed E-state index contributed by atoms with van der Waals surface area (Å²) in [5.74, 6) is 0.767. The highest BCUT2D eigenvalue weighted by atomic mass is 16.5. The van der Waals surface area contributed by atoms with E-state index in [9.17, 15) is 4.79 Å². The lowest BCUT2D eigenvalue weighted by Crippen LogP contribution is -2.36. The maximum Gasteiger partial charge on any atom is 0.411 e. The minimum atomic E-state index is -0.478. The van der Waals surface area contributed by atoms with Crippen molar-refractivity contribution in [3.63, 3.8) is 0 Å². The highest BCUT2D eigenvalue weighted by Gasteiger charge is 2.02. The Morgan fingerprint density at radius 3 is 2.36 bits per heavy atom. The summed E-state index contributed by atoms with van der Waals surface area (Å²) in [6.07, 6.45) is -0.478. The molecule has 2 aromatic carbocycles. The second-order valence-electron chi connectivity index (χ2n) is 5.35. The summed E-state index contributed by atoms with van der Waals surface area (Å²) in [5, 5.41) is 9.16. The molecule has 0 bridgehead atoms. The molecule has 2 aromatic rings. The number of amides is 1. The molecular formula is C19H24N4O2. The molecule has 25 heavy (non-hydrogen) atoms. The van der Waals surface area contributed by atoms with Crippen LogP contribution in [0.4, 0.5) is 10.5 Å². The number of benzene rings is 2. The average Bonchev–Trinajstić information content (AvgIpc) is 2.66. The van der Waals surface area contributed by atoms with E-state index in [1.54, 1.807) is 0 Å². The van der Waals surface area contributed by atoms with E-state index in [1.165, 1.54) is 7.11 Å². The number of nitrogens with zero attached hydrogens (tertiary/aromatic N) is 1. The van der Waals surface area contributed by atoms with Crippen molar-refractivity contribution in [3.05, 3.63) is 65.7 Å². The number of ether oxygens (including phenoxy) is 1. The summed E-state index contributed by atoms with van der Waals surface area (Å²) in [7, 11) is 1.34. The Bertz CT molecular complexity index is 684. The number of carbonyl (C=O) groups is 1. The summed E-state index contributed by atoms with van der Waals surface area (Å²) in [5.41, 5.74) is 2.94. The van der Waals surface area contributed by atoms with Crippen molar-refractivity contribution in [1.82, 2.24) is 10.6 Å². The predicted molar refractivity (Wildman–Crippen MR) is 101 cm³/mol. The average molecular weight is 340 g/mol. The Balaban J connectivity index is 1.90. The standard InChI is InChI=1S/C19H24N4O2/c1-3-20-18(21-13-15-7-5-4-6-8-15)22-14-16-9-11-17(12-10-16)23-19(24)25-2/h4-12H,3,13-14H2,1-2H3,(H,23,24)(H2,20,21,22). The van der Waals surface area contributed by atoms with Gasteiger partial charge in [0.25, 0.3) is 0 Å². The second-order valence-corrected chi connectivity index (χ2v) is 5.35. The number of methoxy groups -OCH3 is 1. The smallest absolute Gasteiger partial charge is 0.411 e. The van der Waals surface area contributed by atoms with Crippen LogP contribution in [0.25, 0.3) is 0 Å². The molecule has 1 amide bonds. The van der Waals surface area contributed by atoms with Crippen LogP contribution in [0.1, 0.15) is 18.1 Å². The Hall–Kier alpha value is -3.02. The molecule has 6 nitrogen and oxygen atoms in total. The van der Waals surface area contributed by atoms with Crippen LogP contribution < -0.4 is 16.0 Å². The summed E-state index contributed by atoms with van der Waals surface area (Å²) in [6, 6.07) is 17.7. The molecule has 0 aliphatic heterocycles. The van der Waals surface area contributed by atoms with Gasteiger partial charge in [-0.25, -0.2) is 9.79 Å². The Morgan fingerprint density at radius 2 is 1.72 bits per heavy atom. The monoisotopic (exact) mass is 340 g/mol. The van der Waals surface area contributed by atoms with Crippen molar-refractivity contribution in [2.45, 2.75) is 20.0 Å². The van der Waals surface area contributed by atoms with Gasteiger partial charge in [-0.15, -0.1) is 0 Å². The van der Waals surface area contributed by atoms with Crippen molar-refractivity contribution in [3.8, 4) is 0 Å². The first-order valence-electron chi connectivity index (χ1n) is 8.21. The molecule has 3 N–H and O–H groups in total. The van der Waals surface area contributed by atoms with Gasteiger partial charge in [-0.2, -0.15) is 0 Å². The van der Waals surface area contributed by atoms with Gasteiger partial charge in [0.1, 0.15) is 0 Å². The molecule has 0 heterocycles. The molecule has 2 rings (SSSR count). The van der Waals surface area contributed by atoms with Gasteiger partial charge >= 0.3 is 6.09 Å². The van der Waals surface area contributed by atoms with Crippen LogP contribution in [0.2, 0.25) is 0 Å². The van der Waals surface area contributed by atoms with Crippen LogP contribution in [0, 0.1) is 0 Å². The van der Waals surface area contributed by atoms with Crippen LogP contribution in [-0.4, -0.2) is 25.7 Å². The largest absolute Gasteiger partial charge is 0.453 e. The third kappa shape index (κ3) is 6.55. The zero-order chi connectivity index (χ0) is 17.9. The molecule has 6 heteroatoms. The molecule has 0 aromatic heterocycles. The van der Waals surface area contributed by atoms with Gasteiger partial charge in [-0.1, -0.05) is 42.5 Å². The topological polar surface area (TPSA) is 74.8 Å². The normalized spacial score (nSPS) is 10.9. The van der Waals surface area contributed by atoms with E-state index in [0.717, 1.165) is 23.6 Å². The maximum absolute atomic E-state index is 11.2. The molecule has 0 atom stereocenters. The predicted octanol–water partition coefficient (Wildman–Crippen LogP) is 3.12. The van der Waals surface area contributed by atoms with Crippen LogP contribution in [0.15, 0.2) is 59.6 Å². The maximum atomic E-state index is 11.2. The summed E-state index contributed by atoms with van der Waals surface area (Å²) in [6.45, 7) is 4.09. The van der Waals surface area contributed by atoms with Crippen molar-refractivity contribution in [1.29, 1.82) is 0 Å². The third-order valence-corrected chi connectivity index (χ3v) is 3.45.